The predicted octanol–water partition coefficient (Wildman–Crippen LogP) is 14.3. The highest BCUT2D eigenvalue weighted by Crippen LogP contribution is 2.52. The van der Waals surface area contributed by atoms with E-state index in [0.29, 0.717) is 0 Å². The minimum absolute atomic E-state index is 0.00695. The Hall–Kier alpha value is -1.76. The van der Waals surface area contributed by atoms with Crippen molar-refractivity contribution in [1.82, 2.24) is 0 Å². The smallest absolute Gasteiger partial charge is 0.131 e. The summed E-state index contributed by atoms with van der Waals surface area (Å²) in [4.78, 5) is 0. The van der Waals surface area contributed by atoms with Gasteiger partial charge in [0.1, 0.15) is 11.5 Å². The summed E-state index contributed by atoms with van der Waals surface area (Å²) in [5.41, 5.74) is 6.19. The molecule has 1 heteroatoms. The summed E-state index contributed by atoms with van der Waals surface area (Å²) >= 11 is 0. The van der Waals surface area contributed by atoms with Gasteiger partial charge in [-0.3, -0.25) is 0 Å². The molecule has 2 aromatic rings. The lowest BCUT2D eigenvalue weighted by atomic mass is 9.64. The summed E-state index contributed by atoms with van der Waals surface area (Å²) < 4.78 is 7.37. The van der Waals surface area contributed by atoms with E-state index in [9.17, 15) is 0 Å². The van der Waals surface area contributed by atoms with Crippen molar-refractivity contribution >= 4 is 0 Å². The molecule has 0 heterocycles. The van der Waals surface area contributed by atoms with Crippen LogP contribution in [-0.2, 0) is 21.7 Å². The van der Waals surface area contributed by atoms with Crippen LogP contribution in [0.5, 0.6) is 11.5 Å². The monoisotopic (exact) mass is 619 g/mol. The Morgan fingerprint density at radius 3 is 0.844 bits per heavy atom. The van der Waals surface area contributed by atoms with Gasteiger partial charge < -0.3 is 4.74 Å². The summed E-state index contributed by atoms with van der Waals surface area (Å²) in [5.74, 6) is 2.03. The zero-order chi connectivity index (χ0) is 35.2. The van der Waals surface area contributed by atoms with Gasteiger partial charge in [-0.1, -0.05) is 163 Å². The Bertz CT molecular complexity index is 1180. The molecule has 0 amide bonds. The first-order chi connectivity index (χ1) is 19.8. The highest BCUT2D eigenvalue weighted by molar-refractivity contribution is 5.54. The van der Waals surface area contributed by atoms with Crippen LogP contribution < -0.4 is 4.74 Å². The fourth-order valence-electron chi connectivity index (χ4n) is 9.55. The van der Waals surface area contributed by atoms with Gasteiger partial charge in [-0.05, 0) is 92.3 Å². The molecule has 0 N–H and O–H groups in total. The van der Waals surface area contributed by atoms with Crippen LogP contribution in [0.1, 0.15) is 186 Å². The largest absolute Gasteiger partial charge is 0.457 e. The predicted molar refractivity (Wildman–Crippen MR) is 201 cm³/mol. The third-order valence-corrected chi connectivity index (χ3v) is 8.97. The van der Waals surface area contributed by atoms with E-state index in [-0.39, 0.29) is 43.3 Å². The Morgan fingerprint density at radius 1 is 0.356 bits per heavy atom. The van der Waals surface area contributed by atoms with Crippen molar-refractivity contribution in [2.45, 2.75) is 186 Å². The van der Waals surface area contributed by atoms with Gasteiger partial charge >= 0.3 is 0 Å². The van der Waals surface area contributed by atoms with Crippen molar-refractivity contribution < 1.29 is 4.74 Å². The maximum absolute atomic E-state index is 7.37. The first kappa shape index (κ1) is 39.4. The molecule has 0 saturated carbocycles. The molecule has 0 spiro atoms. The maximum atomic E-state index is 7.37. The zero-order valence-electron chi connectivity index (χ0n) is 33.7. The van der Waals surface area contributed by atoms with Crippen molar-refractivity contribution in [3.8, 4) is 11.5 Å². The third-order valence-electron chi connectivity index (χ3n) is 8.97. The quantitative estimate of drug-likeness (QED) is 0.257. The molecule has 0 aliphatic heterocycles. The molecule has 0 atom stereocenters. The molecular weight excluding hydrogens is 544 g/mol. The minimum Gasteiger partial charge on any atom is -0.457 e. The van der Waals surface area contributed by atoms with Crippen LogP contribution in [0.3, 0.4) is 0 Å². The fourth-order valence-corrected chi connectivity index (χ4v) is 9.55. The maximum Gasteiger partial charge on any atom is 0.131 e. The van der Waals surface area contributed by atoms with Gasteiger partial charge in [-0.25, -0.2) is 0 Å². The highest BCUT2D eigenvalue weighted by Gasteiger charge is 2.40. The van der Waals surface area contributed by atoms with E-state index >= 15 is 0 Å². The average Bonchev–Trinajstić information content (AvgIpc) is 2.72. The SMILES string of the molecule is CC(C)(C)CC(C)(C)c1cccc(Oc2cccc(C(C)(C)CC(C)(C)C)c2C(C)(C)CC(C)(C)C)c1C(C)(C)CC(C)(C)C. The number of benzene rings is 2. The molecular formula is C44H74O. The lowest BCUT2D eigenvalue weighted by Crippen LogP contribution is -2.33. The summed E-state index contributed by atoms with van der Waals surface area (Å²) in [6.45, 7) is 47.9. The van der Waals surface area contributed by atoms with Crippen LogP contribution in [0.2, 0.25) is 0 Å². The number of hydrogen-bond acceptors (Lipinski definition) is 1. The second-order valence-electron chi connectivity index (χ2n) is 21.9. The van der Waals surface area contributed by atoms with Crippen molar-refractivity contribution in [3.63, 3.8) is 0 Å². The summed E-state index contributed by atoms with van der Waals surface area (Å²) in [6, 6.07) is 13.7. The van der Waals surface area contributed by atoms with Gasteiger partial charge in [0, 0.05) is 11.1 Å². The first-order valence-corrected chi connectivity index (χ1v) is 17.7. The highest BCUT2D eigenvalue weighted by atomic mass is 16.5. The second-order valence-corrected chi connectivity index (χ2v) is 21.9. The minimum atomic E-state index is -0.0798. The van der Waals surface area contributed by atoms with Gasteiger partial charge in [0.05, 0.1) is 0 Å². The van der Waals surface area contributed by atoms with E-state index in [1.165, 1.54) is 22.3 Å². The van der Waals surface area contributed by atoms with E-state index < -0.39 is 0 Å². The molecule has 0 bridgehead atoms. The van der Waals surface area contributed by atoms with E-state index in [4.69, 9.17) is 4.74 Å². The van der Waals surface area contributed by atoms with Crippen LogP contribution in [0, 0.1) is 21.7 Å². The van der Waals surface area contributed by atoms with Crippen LogP contribution in [0.4, 0.5) is 0 Å². The van der Waals surface area contributed by atoms with E-state index in [1.807, 2.05) is 0 Å². The Balaban J connectivity index is 3.00. The number of ether oxygens (including phenoxy) is 1. The molecule has 45 heavy (non-hydrogen) atoms. The molecule has 0 saturated heterocycles. The fraction of sp³-hybridized carbons (Fsp3) is 0.727. The van der Waals surface area contributed by atoms with Gasteiger partial charge in [-0.15, -0.1) is 0 Å². The molecule has 0 aliphatic carbocycles. The van der Waals surface area contributed by atoms with Crippen molar-refractivity contribution in [3.05, 3.63) is 58.7 Å². The molecule has 0 radical (unpaired) electrons. The number of hydrogen-bond donors (Lipinski definition) is 0. The van der Waals surface area contributed by atoms with E-state index in [2.05, 4.69) is 175 Å². The molecule has 256 valence electrons. The summed E-state index contributed by atoms with van der Waals surface area (Å²) in [6.07, 6.45) is 4.34. The van der Waals surface area contributed by atoms with Crippen molar-refractivity contribution in [2.75, 3.05) is 0 Å². The van der Waals surface area contributed by atoms with E-state index in [0.717, 1.165) is 37.2 Å². The van der Waals surface area contributed by atoms with Crippen molar-refractivity contribution in [1.29, 1.82) is 0 Å². The van der Waals surface area contributed by atoms with Crippen LogP contribution >= 0.6 is 0 Å². The first-order valence-electron chi connectivity index (χ1n) is 17.7. The molecule has 0 aliphatic rings. The van der Waals surface area contributed by atoms with Gasteiger partial charge in [0.15, 0.2) is 0 Å². The topological polar surface area (TPSA) is 9.23 Å². The van der Waals surface area contributed by atoms with Gasteiger partial charge in [0.25, 0.3) is 0 Å². The van der Waals surface area contributed by atoms with Crippen molar-refractivity contribution in [2.24, 2.45) is 21.7 Å². The normalized spacial score (nSPS) is 14.6. The molecule has 0 unspecified atom stereocenters. The standard InChI is InChI=1S/C44H74O/c1-37(2,3)27-41(13,14)31-23-21-25-33(35(31)43(17,18)29-39(7,8)9)45-34-26-22-24-32(42(15,16)28-38(4,5)6)36(34)44(19,20)30-40(10,11)12/h21-26H,27-30H2,1-20H3. The Labute approximate surface area is 281 Å². The van der Waals surface area contributed by atoms with E-state index in [1.54, 1.807) is 0 Å². The molecule has 1 nitrogen and oxygen atoms in total. The van der Waals surface area contributed by atoms with Gasteiger partial charge in [-0.2, -0.15) is 0 Å². The van der Waals surface area contributed by atoms with Crippen LogP contribution in [0.25, 0.3) is 0 Å². The summed E-state index contributed by atoms with van der Waals surface area (Å²) in [7, 11) is 0. The Kier molecular flexibility index (Phi) is 11.1. The lowest BCUT2D eigenvalue weighted by molar-refractivity contribution is 0.255. The van der Waals surface area contributed by atoms with Crippen LogP contribution in [0.15, 0.2) is 36.4 Å². The van der Waals surface area contributed by atoms with Crippen LogP contribution in [-0.4, -0.2) is 0 Å². The lowest BCUT2D eigenvalue weighted by Gasteiger charge is -2.42. The Morgan fingerprint density at radius 2 is 0.600 bits per heavy atom. The van der Waals surface area contributed by atoms with Gasteiger partial charge in [0.2, 0.25) is 0 Å². The molecule has 2 aromatic carbocycles. The molecule has 0 aromatic heterocycles. The second kappa shape index (κ2) is 12.7. The number of rotatable bonds is 10. The average molecular weight is 619 g/mol. The summed E-state index contributed by atoms with van der Waals surface area (Å²) in [5, 5.41) is 0. The molecule has 0 fully saturated rings. The molecule has 2 rings (SSSR count). The zero-order valence-corrected chi connectivity index (χ0v) is 33.7. The third kappa shape index (κ3) is 11.2.